The fourth-order valence-corrected chi connectivity index (χ4v) is 4.58. The maximum atomic E-state index is 13.0. The monoisotopic (exact) mass is 408 g/mol. The number of methoxy groups -OCH3 is 1. The summed E-state index contributed by atoms with van der Waals surface area (Å²) >= 11 is 1.32. The summed E-state index contributed by atoms with van der Waals surface area (Å²) in [5.41, 5.74) is 2.60. The lowest BCUT2D eigenvalue weighted by atomic mass is 9.94. The Kier molecular flexibility index (Phi) is 4.84. The van der Waals surface area contributed by atoms with Crippen LogP contribution in [0.3, 0.4) is 0 Å². The summed E-state index contributed by atoms with van der Waals surface area (Å²) in [4.78, 5) is 31.7. The largest absolute Gasteiger partial charge is 0.503 e. The number of hydrogen-bond donors (Lipinski definition) is 1. The van der Waals surface area contributed by atoms with Crippen LogP contribution in [0.5, 0.6) is 5.75 Å². The van der Waals surface area contributed by atoms with Crippen LogP contribution in [0.1, 0.15) is 30.5 Å². The van der Waals surface area contributed by atoms with E-state index in [-0.39, 0.29) is 17.8 Å². The molecule has 1 atom stereocenters. The molecule has 0 saturated heterocycles. The molecule has 1 aliphatic rings. The number of Topliss-reactive ketones (excluding diaryl/α,β-unsaturated/α-hetero) is 1. The van der Waals surface area contributed by atoms with Gasteiger partial charge >= 0.3 is 0 Å². The van der Waals surface area contributed by atoms with Crippen LogP contribution < -0.4 is 9.64 Å². The molecule has 2 heterocycles. The molecule has 0 aliphatic carbocycles. The molecule has 6 nitrogen and oxygen atoms in total. The Morgan fingerprint density at radius 3 is 2.76 bits per heavy atom. The lowest BCUT2D eigenvalue weighted by molar-refractivity contribution is -0.118. The smallest absolute Gasteiger partial charge is 0.296 e. The fraction of sp³-hybridized carbons (Fsp3) is 0.227. The summed E-state index contributed by atoms with van der Waals surface area (Å²) in [5.74, 6) is -0.675. The molecule has 1 unspecified atom stereocenters. The first-order valence-corrected chi connectivity index (χ1v) is 10.1. The highest BCUT2D eigenvalue weighted by atomic mass is 32.1. The number of carbonyl (C=O) groups excluding carboxylic acids is 2. The van der Waals surface area contributed by atoms with Gasteiger partial charge in [-0.2, -0.15) is 0 Å². The van der Waals surface area contributed by atoms with Crippen molar-refractivity contribution in [2.24, 2.45) is 0 Å². The topological polar surface area (TPSA) is 79.7 Å². The van der Waals surface area contributed by atoms with E-state index >= 15 is 0 Å². The van der Waals surface area contributed by atoms with E-state index in [1.54, 1.807) is 20.1 Å². The van der Waals surface area contributed by atoms with Crippen molar-refractivity contribution in [1.82, 2.24) is 4.98 Å². The van der Waals surface area contributed by atoms with Crippen molar-refractivity contribution in [3.63, 3.8) is 0 Å². The highest BCUT2D eigenvalue weighted by molar-refractivity contribution is 7.22. The van der Waals surface area contributed by atoms with Gasteiger partial charge < -0.3 is 9.84 Å². The van der Waals surface area contributed by atoms with Crippen molar-refractivity contribution in [2.45, 2.75) is 26.3 Å². The Bertz CT molecular complexity index is 1160. The number of aryl methyl sites for hydroxylation is 1. The molecule has 1 aliphatic heterocycles. The van der Waals surface area contributed by atoms with E-state index in [9.17, 15) is 14.7 Å². The van der Waals surface area contributed by atoms with E-state index in [1.165, 1.54) is 16.2 Å². The molecule has 1 aromatic heterocycles. The molecule has 4 rings (SSSR count). The second-order valence-corrected chi connectivity index (χ2v) is 7.87. The number of rotatable bonds is 5. The van der Waals surface area contributed by atoms with Gasteiger partial charge in [-0.15, -0.1) is 0 Å². The standard InChI is InChI=1S/C22H20N2O4S/c1-4-16(25)18-19(13-7-5-6-12(2)10-13)24(21(27)20(18)26)22-23-15-9-8-14(28-3)11-17(15)29-22/h5-11,19,26H,4H2,1-3H3. The van der Waals surface area contributed by atoms with E-state index in [0.29, 0.717) is 10.9 Å². The number of amides is 1. The van der Waals surface area contributed by atoms with Crippen molar-refractivity contribution in [1.29, 1.82) is 0 Å². The molecule has 0 bridgehead atoms. The first-order valence-electron chi connectivity index (χ1n) is 9.25. The number of fused-ring (bicyclic) bond motifs is 1. The number of thiazole rings is 1. The molecule has 0 radical (unpaired) electrons. The first-order chi connectivity index (χ1) is 13.9. The van der Waals surface area contributed by atoms with Crippen LogP contribution in [-0.4, -0.2) is 28.9 Å². The van der Waals surface area contributed by atoms with Gasteiger partial charge in [0.25, 0.3) is 5.91 Å². The SMILES string of the molecule is CCC(=O)C1=C(O)C(=O)N(c2nc3ccc(OC)cc3s2)C1c1cccc(C)c1. The number of benzene rings is 2. The Hall–Kier alpha value is -3.19. The number of aliphatic hydroxyl groups is 1. The van der Waals surface area contributed by atoms with E-state index in [1.807, 2.05) is 43.3 Å². The van der Waals surface area contributed by atoms with Gasteiger partial charge in [0.2, 0.25) is 0 Å². The predicted octanol–water partition coefficient (Wildman–Crippen LogP) is 4.49. The second kappa shape index (κ2) is 7.33. The highest BCUT2D eigenvalue weighted by Crippen LogP contribution is 2.44. The van der Waals surface area contributed by atoms with Crippen LogP contribution in [0.25, 0.3) is 10.2 Å². The van der Waals surface area contributed by atoms with Crippen molar-refractivity contribution in [3.05, 3.63) is 64.9 Å². The maximum absolute atomic E-state index is 13.0. The average Bonchev–Trinajstić information content (AvgIpc) is 3.25. The molecule has 7 heteroatoms. The number of ketones is 1. The van der Waals surface area contributed by atoms with Gasteiger partial charge in [0, 0.05) is 6.42 Å². The van der Waals surface area contributed by atoms with Crippen molar-refractivity contribution in [2.75, 3.05) is 12.0 Å². The normalized spacial score (nSPS) is 16.7. The molecule has 1 N–H and O–H groups in total. The van der Waals surface area contributed by atoms with Gasteiger partial charge in [-0.05, 0) is 30.7 Å². The lowest BCUT2D eigenvalue weighted by Gasteiger charge is -2.24. The van der Waals surface area contributed by atoms with Crippen molar-refractivity contribution >= 4 is 38.4 Å². The van der Waals surface area contributed by atoms with Crippen LogP contribution in [0, 0.1) is 6.92 Å². The zero-order valence-corrected chi connectivity index (χ0v) is 17.1. The van der Waals surface area contributed by atoms with Gasteiger partial charge in [0.15, 0.2) is 16.7 Å². The van der Waals surface area contributed by atoms with Crippen LogP contribution in [0.2, 0.25) is 0 Å². The molecular weight excluding hydrogens is 388 g/mol. The van der Waals surface area contributed by atoms with Crippen molar-refractivity contribution < 1.29 is 19.4 Å². The number of carbonyl (C=O) groups is 2. The Morgan fingerprint density at radius 1 is 1.28 bits per heavy atom. The summed E-state index contributed by atoms with van der Waals surface area (Å²) in [6, 6.07) is 12.4. The van der Waals surface area contributed by atoms with E-state index < -0.39 is 17.7 Å². The third kappa shape index (κ3) is 3.17. The first kappa shape index (κ1) is 19.1. The fourth-order valence-electron chi connectivity index (χ4n) is 3.56. The van der Waals surface area contributed by atoms with Gasteiger partial charge in [0.05, 0.1) is 28.9 Å². The maximum Gasteiger partial charge on any atom is 0.296 e. The summed E-state index contributed by atoms with van der Waals surface area (Å²) in [5, 5.41) is 11.0. The average molecular weight is 408 g/mol. The van der Waals surface area contributed by atoms with Gasteiger partial charge in [0.1, 0.15) is 5.75 Å². The minimum absolute atomic E-state index is 0.125. The van der Waals surface area contributed by atoms with Crippen molar-refractivity contribution in [3.8, 4) is 5.75 Å². The molecule has 148 valence electrons. The summed E-state index contributed by atoms with van der Waals surface area (Å²) in [6.07, 6.45) is 0.194. The minimum Gasteiger partial charge on any atom is -0.503 e. The molecule has 0 fully saturated rings. The summed E-state index contributed by atoms with van der Waals surface area (Å²) in [7, 11) is 1.59. The number of aromatic nitrogens is 1. The molecular formula is C22H20N2O4S. The molecule has 0 spiro atoms. The lowest BCUT2D eigenvalue weighted by Crippen LogP contribution is -2.30. The van der Waals surface area contributed by atoms with Crippen LogP contribution >= 0.6 is 11.3 Å². The number of anilines is 1. The second-order valence-electron chi connectivity index (χ2n) is 6.86. The number of aliphatic hydroxyl groups excluding tert-OH is 1. The van der Waals surface area contributed by atoms with Crippen LogP contribution in [0.15, 0.2) is 53.8 Å². The molecule has 0 saturated carbocycles. The van der Waals surface area contributed by atoms with Gasteiger partial charge in [-0.1, -0.05) is 48.1 Å². The molecule has 2 aromatic carbocycles. The highest BCUT2D eigenvalue weighted by Gasteiger charge is 2.45. The predicted molar refractivity (Wildman–Crippen MR) is 113 cm³/mol. The summed E-state index contributed by atoms with van der Waals surface area (Å²) in [6.45, 7) is 3.66. The quantitative estimate of drug-likeness (QED) is 0.673. The zero-order chi connectivity index (χ0) is 20.7. The summed E-state index contributed by atoms with van der Waals surface area (Å²) < 4.78 is 6.12. The number of hydrogen-bond acceptors (Lipinski definition) is 6. The van der Waals surface area contributed by atoms with Gasteiger partial charge in [-0.3, -0.25) is 14.5 Å². The van der Waals surface area contributed by atoms with Crippen LogP contribution in [0.4, 0.5) is 5.13 Å². The van der Waals surface area contributed by atoms with E-state index in [4.69, 9.17) is 4.74 Å². The third-order valence-corrected chi connectivity index (χ3v) is 6.00. The third-order valence-electron chi connectivity index (χ3n) is 4.98. The van der Waals surface area contributed by atoms with E-state index in [2.05, 4.69) is 4.98 Å². The Morgan fingerprint density at radius 2 is 2.07 bits per heavy atom. The molecule has 1 amide bonds. The molecule has 3 aromatic rings. The zero-order valence-electron chi connectivity index (χ0n) is 16.3. The Balaban J connectivity index is 1.89. The number of ether oxygens (including phenoxy) is 1. The Labute approximate surface area is 172 Å². The van der Waals surface area contributed by atoms with Crippen LogP contribution in [-0.2, 0) is 9.59 Å². The van der Waals surface area contributed by atoms with Gasteiger partial charge in [-0.25, -0.2) is 4.98 Å². The molecule has 29 heavy (non-hydrogen) atoms. The number of nitrogens with zero attached hydrogens (tertiary/aromatic N) is 2. The van der Waals surface area contributed by atoms with E-state index in [0.717, 1.165) is 21.3 Å². The minimum atomic E-state index is -0.711.